The molecular formula is C15H23BN2O2. The fourth-order valence-corrected chi connectivity index (χ4v) is 2.77. The van der Waals surface area contributed by atoms with Crippen LogP contribution in [0.1, 0.15) is 39.7 Å². The van der Waals surface area contributed by atoms with Crippen molar-refractivity contribution in [2.45, 2.75) is 51.7 Å². The van der Waals surface area contributed by atoms with Gasteiger partial charge in [0.1, 0.15) is 5.82 Å². The molecule has 4 nitrogen and oxygen atoms in total. The maximum Gasteiger partial charge on any atom is 0.496 e. The molecule has 3 rings (SSSR count). The molecule has 0 spiro atoms. The lowest BCUT2D eigenvalue weighted by atomic mass is 9.79. The van der Waals surface area contributed by atoms with Crippen LogP contribution in [0.4, 0.5) is 5.82 Å². The van der Waals surface area contributed by atoms with E-state index in [1.807, 2.05) is 6.20 Å². The second kappa shape index (κ2) is 4.47. The molecule has 108 valence electrons. The molecule has 2 aliphatic heterocycles. The molecule has 1 saturated heterocycles. The first-order valence-electron chi connectivity index (χ1n) is 7.36. The minimum Gasteiger partial charge on any atom is -0.399 e. The van der Waals surface area contributed by atoms with E-state index >= 15 is 0 Å². The summed E-state index contributed by atoms with van der Waals surface area (Å²) in [5.41, 5.74) is 1.72. The summed E-state index contributed by atoms with van der Waals surface area (Å²) in [7, 11) is 1.78. The highest BCUT2D eigenvalue weighted by Crippen LogP contribution is 2.36. The first-order valence-corrected chi connectivity index (χ1v) is 7.36. The molecule has 0 saturated carbocycles. The number of fused-ring (bicyclic) bond motifs is 1. The second-order valence-electron chi connectivity index (χ2n) is 6.86. The number of hydrogen-bond acceptors (Lipinski definition) is 4. The number of rotatable bonds is 1. The third-order valence-corrected chi connectivity index (χ3v) is 4.79. The minimum absolute atomic E-state index is 0.301. The molecule has 2 aliphatic rings. The molecular weight excluding hydrogens is 251 g/mol. The van der Waals surface area contributed by atoms with E-state index in [9.17, 15) is 0 Å². The van der Waals surface area contributed by atoms with E-state index in [4.69, 9.17) is 9.31 Å². The summed E-state index contributed by atoms with van der Waals surface area (Å²) in [5, 5.41) is 0. The Morgan fingerprint density at radius 2 is 1.85 bits per heavy atom. The van der Waals surface area contributed by atoms with Crippen molar-refractivity contribution < 1.29 is 9.31 Å². The molecule has 0 atom stereocenters. The summed E-state index contributed by atoms with van der Waals surface area (Å²) in [6.45, 7) is 9.38. The van der Waals surface area contributed by atoms with E-state index < -0.39 is 0 Å². The van der Waals surface area contributed by atoms with Crippen LogP contribution in [-0.4, -0.2) is 36.9 Å². The summed E-state index contributed by atoms with van der Waals surface area (Å²) in [4.78, 5) is 6.82. The molecule has 0 amide bonds. The molecule has 0 radical (unpaired) electrons. The van der Waals surface area contributed by atoms with Crippen molar-refractivity contribution in [1.82, 2.24) is 4.98 Å². The van der Waals surface area contributed by atoms with Crippen LogP contribution in [0.3, 0.4) is 0 Å². The van der Waals surface area contributed by atoms with Crippen LogP contribution in [0.2, 0.25) is 0 Å². The fourth-order valence-electron chi connectivity index (χ4n) is 2.77. The van der Waals surface area contributed by atoms with Crippen molar-refractivity contribution >= 4 is 18.4 Å². The molecule has 0 bridgehead atoms. The van der Waals surface area contributed by atoms with Gasteiger partial charge in [-0.15, -0.1) is 0 Å². The van der Waals surface area contributed by atoms with Crippen LogP contribution < -0.4 is 10.4 Å². The van der Waals surface area contributed by atoms with E-state index in [1.54, 1.807) is 0 Å². The van der Waals surface area contributed by atoms with Gasteiger partial charge in [-0.3, -0.25) is 0 Å². The summed E-state index contributed by atoms with van der Waals surface area (Å²) in [6.07, 6.45) is 4.15. The Morgan fingerprint density at radius 1 is 1.20 bits per heavy atom. The van der Waals surface area contributed by atoms with Crippen molar-refractivity contribution in [1.29, 1.82) is 0 Å². The molecule has 1 aromatic heterocycles. The van der Waals surface area contributed by atoms with Gasteiger partial charge >= 0.3 is 7.12 Å². The normalized spacial score (nSPS) is 23.9. The quantitative estimate of drug-likeness (QED) is 0.731. The highest BCUT2D eigenvalue weighted by atomic mass is 16.7. The molecule has 3 heterocycles. The SMILES string of the molecule is CN1CCCc2cc(B3OC(C)(C)C(C)(C)O3)cnc21. The second-order valence-corrected chi connectivity index (χ2v) is 6.86. The third-order valence-electron chi connectivity index (χ3n) is 4.79. The van der Waals surface area contributed by atoms with Crippen LogP contribution in [0.5, 0.6) is 0 Å². The molecule has 1 fully saturated rings. The smallest absolute Gasteiger partial charge is 0.399 e. The number of hydrogen-bond donors (Lipinski definition) is 0. The van der Waals surface area contributed by atoms with Crippen molar-refractivity contribution in [3.8, 4) is 0 Å². The summed E-state index contributed by atoms with van der Waals surface area (Å²) < 4.78 is 12.2. The Hall–Kier alpha value is -1.07. The van der Waals surface area contributed by atoms with Crippen molar-refractivity contribution in [2.75, 3.05) is 18.5 Å². The Labute approximate surface area is 121 Å². The number of aromatic nitrogens is 1. The lowest BCUT2D eigenvalue weighted by Gasteiger charge is -2.32. The zero-order chi connectivity index (χ0) is 14.5. The summed E-state index contributed by atoms with van der Waals surface area (Å²) >= 11 is 0. The summed E-state index contributed by atoms with van der Waals surface area (Å²) in [5.74, 6) is 1.09. The van der Waals surface area contributed by atoms with Gasteiger partial charge in [-0.25, -0.2) is 4.98 Å². The van der Waals surface area contributed by atoms with Crippen molar-refractivity contribution in [3.63, 3.8) is 0 Å². The van der Waals surface area contributed by atoms with Gasteiger partial charge in [0.2, 0.25) is 0 Å². The van der Waals surface area contributed by atoms with Gasteiger partial charge in [0, 0.05) is 25.3 Å². The van der Waals surface area contributed by atoms with Gasteiger partial charge in [-0.1, -0.05) is 6.07 Å². The topological polar surface area (TPSA) is 34.6 Å². The van der Waals surface area contributed by atoms with E-state index in [0.717, 1.165) is 24.2 Å². The monoisotopic (exact) mass is 274 g/mol. The fraction of sp³-hybridized carbons (Fsp3) is 0.667. The van der Waals surface area contributed by atoms with E-state index in [0.29, 0.717) is 0 Å². The Morgan fingerprint density at radius 3 is 2.50 bits per heavy atom. The number of aryl methyl sites for hydroxylation is 1. The molecule has 0 unspecified atom stereocenters. The average molecular weight is 274 g/mol. The van der Waals surface area contributed by atoms with Crippen LogP contribution in [-0.2, 0) is 15.7 Å². The molecule has 1 aromatic rings. The van der Waals surface area contributed by atoms with Gasteiger partial charge in [-0.2, -0.15) is 0 Å². The van der Waals surface area contributed by atoms with E-state index in [-0.39, 0.29) is 18.3 Å². The molecule has 0 aliphatic carbocycles. The van der Waals surface area contributed by atoms with Gasteiger partial charge in [0.05, 0.1) is 11.2 Å². The summed E-state index contributed by atoms with van der Waals surface area (Å²) in [6, 6.07) is 2.19. The average Bonchev–Trinajstić information content (AvgIpc) is 2.58. The molecule has 5 heteroatoms. The number of anilines is 1. The zero-order valence-corrected chi connectivity index (χ0v) is 13.1. The largest absolute Gasteiger partial charge is 0.496 e. The predicted octanol–water partition coefficient (Wildman–Crippen LogP) is 1.76. The van der Waals surface area contributed by atoms with Crippen LogP contribution in [0, 0.1) is 0 Å². The van der Waals surface area contributed by atoms with Crippen molar-refractivity contribution in [3.05, 3.63) is 17.8 Å². The van der Waals surface area contributed by atoms with E-state index in [2.05, 4.69) is 50.7 Å². The lowest BCUT2D eigenvalue weighted by molar-refractivity contribution is 0.00578. The highest BCUT2D eigenvalue weighted by Gasteiger charge is 2.51. The lowest BCUT2D eigenvalue weighted by Crippen LogP contribution is -2.41. The number of pyridine rings is 1. The van der Waals surface area contributed by atoms with Crippen LogP contribution in [0.15, 0.2) is 12.3 Å². The van der Waals surface area contributed by atoms with Crippen LogP contribution >= 0.6 is 0 Å². The minimum atomic E-state index is -0.315. The standard InChI is InChI=1S/C15H23BN2O2/c1-14(2)15(3,4)20-16(19-14)12-9-11-7-6-8-18(5)13(11)17-10-12/h9-10H,6-8H2,1-5H3. The van der Waals surface area contributed by atoms with Gasteiger partial charge < -0.3 is 14.2 Å². The first kappa shape index (κ1) is 13.9. The maximum absolute atomic E-state index is 6.09. The van der Waals surface area contributed by atoms with Gasteiger partial charge in [-0.05, 0) is 46.1 Å². The molecule has 0 N–H and O–H groups in total. The maximum atomic E-state index is 6.09. The van der Waals surface area contributed by atoms with Crippen LogP contribution in [0.25, 0.3) is 0 Å². The van der Waals surface area contributed by atoms with Gasteiger partial charge in [0.15, 0.2) is 0 Å². The van der Waals surface area contributed by atoms with Gasteiger partial charge in [0.25, 0.3) is 0 Å². The Kier molecular flexibility index (Phi) is 3.10. The van der Waals surface area contributed by atoms with Crippen molar-refractivity contribution in [2.24, 2.45) is 0 Å². The molecule has 20 heavy (non-hydrogen) atoms. The Balaban J connectivity index is 1.90. The number of nitrogens with zero attached hydrogens (tertiary/aromatic N) is 2. The highest BCUT2D eigenvalue weighted by molar-refractivity contribution is 6.62. The predicted molar refractivity (Wildman–Crippen MR) is 81.5 cm³/mol. The first-order chi connectivity index (χ1) is 9.30. The Bertz CT molecular complexity index is 515. The van der Waals surface area contributed by atoms with E-state index in [1.165, 1.54) is 12.0 Å². The third kappa shape index (κ3) is 2.13. The molecule has 0 aromatic carbocycles. The zero-order valence-electron chi connectivity index (χ0n) is 13.1.